The number of ether oxygens (including phenoxy) is 2. The molecular weight excluding hydrogens is 462 g/mol. The van der Waals surface area contributed by atoms with E-state index in [1.807, 2.05) is 18.2 Å². The van der Waals surface area contributed by atoms with Crippen molar-refractivity contribution in [2.75, 3.05) is 32.6 Å². The zero-order valence-corrected chi connectivity index (χ0v) is 20.1. The van der Waals surface area contributed by atoms with Gasteiger partial charge in [-0.15, -0.1) is 0 Å². The van der Waals surface area contributed by atoms with Crippen molar-refractivity contribution in [3.05, 3.63) is 47.8 Å². The van der Waals surface area contributed by atoms with Crippen LogP contribution in [0.15, 0.2) is 36.5 Å². The van der Waals surface area contributed by atoms with Gasteiger partial charge in [0.05, 0.1) is 43.6 Å². The zero-order valence-electron chi connectivity index (χ0n) is 20.1. The number of aromatic amines is 2. The van der Waals surface area contributed by atoms with Crippen molar-refractivity contribution in [3.8, 4) is 11.1 Å². The quantitative estimate of drug-likeness (QED) is 0.348. The molecule has 1 saturated heterocycles. The van der Waals surface area contributed by atoms with Gasteiger partial charge in [-0.3, -0.25) is 9.89 Å². The number of urea groups is 1. The van der Waals surface area contributed by atoms with E-state index in [0.717, 1.165) is 59.0 Å². The number of hydrogen-bond acceptors (Lipinski definition) is 6. The van der Waals surface area contributed by atoms with Gasteiger partial charge in [-0.25, -0.2) is 9.59 Å². The van der Waals surface area contributed by atoms with E-state index >= 15 is 0 Å². The Labute approximate surface area is 206 Å². The molecule has 1 aliphatic heterocycles. The van der Waals surface area contributed by atoms with Gasteiger partial charge in [-0.05, 0) is 60.7 Å². The number of aryl methyl sites for hydroxylation is 1. The van der Waals surface area contributed by atoms with Crippen molar-refractivity contribution in [1.82, 2.24) is 20.1 Å². The molecule has 3 N–H and O–H groups in total. The van der Waals surface area contributed by atoms with E-state index in [0.29, 0.717) is 23.2 Å². The number of likely N-dealkylation sites (tertiary alicyclic amines) is 1. The highest BCUT2D eigenvalue weighted by atomic mass is 16.5. The molecule has 0 saturated carbocycles. The number of nitrogens with one attached hydrogen (secondary N) is 3. The molecule has 1 fully saturated rings. The van der Waals surface area contributed by atoms with E-state index in [1.54, 1.807) is 23.2 Å². The van der Waals surface area contributed by atoms with Crippen LogP contribution in [0.3, 0.4) is 0 Å². The molecule has 3 heterocycles. The van der Waals surface area contributed by atoms with Crippen molar-refractivity contribution in [2.45, 2.75) is 25.7 Å². The Morgan fingerprint density at radius 2 is 1.81 bits per heavy atom. The van der Waals surface area contributed by atoms with E-state index in [9.17, 15) is 14.4 Å². The molecule has 5 rings (SSSR count). The second kappa shape index (κ2) is 9.73. The number of nitrogens with zero attached hydrogens (tertiary/aromatic N) is 2. The fourth-order valence-electron chi connectivity index (χ4n) is 4.67. The predicted molar refractivity (Wildman–Crippen MR) is 135 cm³/mol. The minimum Gasteiger partial charge on any atom is -0.469 e. The van der Waals surface area contributed by atoms with E-state index in [-0.39, 0.29) is 18.4 Å². The topological polar surface area (TPSA) is 129 Å². The molecule has 0 aliphatic carbocycles. The third-order valence-corrected chi connectivity index (χ3v) is 6.55. The van der Waals surface area contributed by atoms with Crippen LogP contribution in [-0.4, -0.2) is 65.4 Å². The number of amides is 2. The number of hydrogen-bond donors (Lipinski definition) is 3. The van der Waals surface area contributed by atoms with Gasteiger partial charge in [0.2, 0.25) is 0 Å². The molecule has 0 bridgehead atoms. The van der Waals surface area contributed by atoms with Gasteiger partial charge >= 0.3 is 18.0 Å². The first kappa shape index (κ1) is 23.4. The first-order chi connectivity index (χ1) is 17.5. The van der Waals surface area contributed by atoms with Crippen LogP contribution in [0.25, 0.3) is 32.9 Å². The second-order valence-corrected chi connectivity index (χ2v) is 8.83. The molecule has 0 unspecified atom stereocenters. The van der Waals surface area contributed by atoms with Crippen LogP contribution in [-0.2, 0) is 20.7 Å². The summed E-state index contributed by atoms with van der Waals surface area (Å²) in [5.74, 6) is -0.750. The van der Waals surface area contributed by atoms with Gasteiger partial charge < -0.3 is 24.7 Å². The van der Waals surface area contributed by atoms with Crippen LogP contribution in [0.2, 0.25) is 0 Å². The maximum Gasteiger partial charge on any atom is 0.337 e. The fraction of sp³-hybridized carbons (Fsp3) is 0.308. The summed E-state index contributed by atoms with van der Waals surface area (Å²) in [6.45, 7) is 1.45. The number of rotatable bonds is 6. The summed E-state index contributed by atoms with van der Waals surface area (Å²) in [7, 11) is 2.71. The van der Waals surface area contributed by atoms with Crippen molar-refractivity contribution >= 4 is 45.5 Å². The van der Waals surface area contributed by atoms with Crippen LogP contribution in [0, 0.1) is 0 Å². The minimum absolute atomic E-state index is 0.153. The molecule has 0 spiro atoms. The number of methoxy groups -OCH3 is 2. The molecule has 2 aromatic carbocycles. The van der Waals surface area contributed by atoms with Gasteiger partial charge in [0.1, 0.15) is 0 Å². The Morgan fingerprint density at radius 3 is 2.56 bits per heavy atom. The Morgan fingerprint density at radius 1 is 1.00 bits per heavy atom. The monoisotopic (exact) mass is 489 g/mol. The van der Waals surface area contributed by atoms with Crippen molar-refractivity contribution < 1.29 is 23.9 Å². The van der Waals surface area contributed by atoms with Crippen LogP contribution in [0.1, 0.15) is 35.3 Å². The Hall–Kier alpha value is -4.34. The lowest BCUT2D eigenvalue weighted by Crippen LogP contribution is -2.32. The van der Waals surface area contributed by atoms with Crippen LogP contribution in [0.5, 0.6) is 0 Å². The summed E-state index contributed by atoms with van der Waals surface area (Å²) >= 11 is 0. The standard InChI is InChI=1S/C26H27N5O5/c1-35-24(32)6-5-17-13-19-21(28-17)10-15(11-22(19)29-26(34)31-7-3-4-8-31)18-9-16(25(33)36-2)12-23-20(18)14-27-30-23/h9-14,28H,3-8H2,1-2H3,(H,27,30)(H,29,34). The minimum atomic E-state index is -0.457. The molecule has 1 aliphatic rings. The molecule has 0 atom stereocenters. The molecule has 10 nitrogen and oxygen atoms in total. The summed E-state index contributed by atoms with van der Waals surface area (Å²) in [6, 6.07) is 9.12. The van der Waals surface area contributed by atoms with Crippen molar-refractivity contribution in [1.29, 1.82) is 0 Å². The van der Waals surface area contributed by atoms with Gasteiger partial charge in [0.15, 0.2) is 0 Å². The number of carbonyl (C=O) groups excluding carboxylic acids is 3. The van der Waals surface area contributed by atoms with Gasteiger partial charge in [0.25, 0.3) is 0 Å². The Balaban J connectivity index is 1.62. The summed E-state index contributed by atoms with van der Waals surface area (Å²) in [5, 5.41) is 11.8. The first-order valence-electron chi connectivity index (χ1n) is 11.8. The summed E-state index contributed by atoms with van der Waals surface area (Å²) in [4.78, 5) is 42.2. The fourth-order valence-corrected chi connectivity index (χ4v) is 4.67. The van der Waals surface area contributed by atoms with Crippen LogP contribution < -0.4 is 5.32 Å². The lowest BCUT2D eigenvalue weighted by molar-refractivity contribution is -0.140. The number of H-pyrrole nitrogens is 2. The molecule has 2 amide bonds. The van der Waals surface area contributed by atoms with Gasteiger partial charge in [0, 0.05) is 35.1 Å². The summed E-state index contributed by atoms with van der Waals surface area (Å²) in [6.07, 6.45) is 4.39. The zero-order chi connectivity index (χ0) is 25.2. The van der Waals surface area contributed by atoms with Crippen molar-refractivity contribution in [2.24, 2.45) is 0 Å². The maximum atomic E-state index is 13.0. The van der Waals surface area contributed by atoms with Gasteiger partial charge in [-0.2, -0.15) is 5.10 Å². The number of anilines is 1. The lowest BCUT2D eigenvalue weighted by atomic mass is 9.97. The highest BCUT2D eigenvalue weighted by Crippen LogP contribution is 2.36. The molecular formula is C26H27N5O5. The predicted octanol–water partition coefficient (Wildman–Crippen LogP) is 4.23. The van der Waals surface area contributed by atoms with E-state index in [1.165, 1.54) is 14.2 Å². The third-order valence-electron chi connectivity index (χ3n) is 6.55. The highest BCUT2D eigenvalue weighted by molar-refractivity contribution is 6.07. The normalized spacial score (nSPS) is 13.3. The number of esters is 2. The molecule has 36 heavy (non-hydrogen) atoms. The largest absolute Gasteiger partial charge is 0.469 e. The van der Waals surface area contributed by atoms with E-state index in [2.05, 4.69) is 20.5 Å². The summed E-state index contributed by atoms with van der Waals surface area (Å²) in [5.41, 5.74) is 4.92. The smallest absolute Gasteiger partial charge is 0.337 e. The van der Waals surface area contributed by atoms with Crippen molar-refractivity contribution in [3.63, 3.8) is 0 Å². The first-order valence-corrected chi connectivity index (χ1v) is 11.8. The summed E-state index contributed by atoms with van der Waals surface area (Å²) < 4.78 is 9.70. The lowest BCUT2D eigenvalue weighted by Gasteiger charge is -2.17. The molecule has 2 aromatic heterocycles. The van der Waals surface area contributed by atoms with E-state index < -0.39 is 5.97 Å². The van der Waals surface area contributed by atoms with E-state index in [4.69, 9.17) is 9.47 Å². The molecule has 0 radical (unpaired) electrons. The van der Waals surface area contributed by atoms with Crippen LogP contribution in [0.4, 0.5) is 10.5 Å². The Bertz CT molecular complexity index is 1460. The average Bonchev–Trinajstić information content (AvgIpc) is 3.66. The highest BCUT2D eigenvalue weighted by Gasteiger charge is 2.21. The average molecular weight is 490 g/mol. The Kier molecular flexibility index (Phi) is 6.32. The second-order valence-electron chi connectivity index (χ2n) is 8.83. The molecule has 10 heteroatoms. The molecule has 4 aromatic rings. The maximum absolute atomic E-state index is 13.0. The number of fused-ring (bicyclic) bond motifs is 2. The number of benzene rings is 2. The molecule has 186 valence electrons. The van der Waals surface area contributed by atoms with Crippen LogP contribution >= 0.6 is 0 Å². The number of carbonyl (C=O) groups is 3. The number of aromatic nitrogens is 3. The third kappa shape index (κ3) is 4.49. The van der Waals surface area contributed by atoms with Gasteiger partial charge in [-0.1, -0.05) is 0 Å². The SMILES string of the molecule is COC(=O)CCc1cc2c(NC(=O)N3CCCC3)cc(-c3cc(C(=O)OC)cc4[nH]ncc34)cc2[nH]1.